The van der Waals surface area contributed by atoms with Crippen molar-refractivity contribution in [1.82, 2.24) is 10.2 Å². The molecule has 0 unspecified atom stereocenters. The van der Waals surface area contributed by atoms with Gasteiger partial charge in [0.25, 0.3) is 0 Å². The van der Waals surface area contributed by atoms with Crippen molar-refractivity contribution in [3.63, 3.8) is 0 Å². The van der Waals surface area contributed by atoms with Crippen LogP contribution in [0.15, 0.2) is 18.2 Å². The first-order valence-corrected chi connectivity index (χ1v) is 8.39. The number of carboxylic acids is 1. The van der Waals surface area contributed by atoms with Gasteiger partial charge in [0.15, 0.2) is 11.6 Å². The Kier molecular flexibility index (Phi) is 8.67. The fourth-order valence-electron chi connectivity index (χ4n) is 2.18. The van der Waals surface area contributed by atoms with Gasteiger partial charge in [0.05, 0.1) is 13.0 Å². The summed E-state index contributed by atoms with van der Waals surface area (Å²) in [4.78, 5) is 36.0. The molecule has 0 heterocycles. The minimum Gasteiger partial charge on any atom is -0.481 e. The quantitative estimate of drug-likeness (QED) is 0.662. The van der Waals surface area contributed by atoms with E-state index in [-0.39, 0.29) is 32.0 Å². The third-order valence-corrected chi connectivity index (χ3v) is 3.69. The fraction of sp³-hybridized carbons (Fsp3) is 0.500. The molecule has 1 aromatic rings. The second-order valence-corrected chi connectivity index (χ2v) is 6.42. The van der Waals surface area contributed by atoms with Crippen molar-refractivity contribution in [2.45, 2.75) is 39.7 Å². The van der Waals surface area contributed by atoms with E-state index in [9.17, 15) is 23.2 Å². The molecule has 0 fully saturated rings. The Morgan fingerprint density at radius 1 is 1.15 bits per heavy atom. The minimum atomic E-state index is -1.09. The lowest BCUT2D eigenvalue weighted by Gasteiger charge is -2.22. The maximum atomic E-state index is 13.3. The highest BCUT2D eigenvalue weighted by atomic mass is 19.2. The first-order valence-electron chi connectivity index (χ1n) is 8.39. The van der Waals surface area contributed by atoms with Crippen LogP contribution in [0, 0.1) is 17.6 Å². The van der Waals surface area contributed by atoms with E-state index in [1.54, 1.807) is 0 Å². The first-order chi connectivity index (χ1) is 12.2. The smallest absolute Gasteiger partial charge is 0.305 e. The third-order valence-electron chi connectivity index (χ3n) is 3.69. The van der Waals surface area contributed by atoms with Crippen molar-refractivity contribution in [2.75, 3.05) is 13.1 Å². The van der Waals surface area contributed by atoms with Gasteiger partial charge in [0.1, 0.15) is 0 Å². The average Bonchev–Trinajstić information content (AvgIpc) is 2.57. The van der Waals surface area contributed by atoms with Crippen LogP contribution < -0.4 is 5.32 Å². The molecule has 0 aliphatic carbocycles. The molecule has 0 aliphatic rings. The van der Waals surface area contributed by atoms with Crippen molar-refractivity contribution in [1.29, 1.82) is 0 Å². The van der Waals surface area contributed by atoms with E-state index in [2.05, 4.69) is 5.32 Å². The van der Waals surface area contributed by atoms with Crippen molar-refractivity contribution >= 4 is 17.8 Å². The number of nitrogens with one attached hydrogen (secondary N) is 1. The van der Waals surface area contributed by atoms with E-state index in [1.807, 2.05) is 13.8 Å². The topological polar surface area (TPSA) is 86.7 Å². The van der Waals surface area contributed by atoms with Gasteiger partial charge in [0.2, 0.25) is 11.8 Å². The van der Waals surface area contributed by atoms with Crippen molar-refractivity contribution in [2.24, 2.45) is 5.92 Å². The summed E-state index contributed by atoms with van der Waals surface area (Å²) >= 11 is 0. The highest BCUT2D eigenvalue weighted by Gasteiger charge is 2.17. The maximum Gasteiger partial charge on any atom is 0.305 e. The van der Waals surface area contributed by atoms with Gasteiger partial charge in [-0.25, -0.2) is 8.78 Å². The van der Waals surface area contributed by atoms with Crippen LogP contribution in [0.5, 0.6) is 0 Å². The number of halogens is 2. The largest absolute Gasteiger partial charge is 0.481 e. The second-order valence-electron chi connectivity index (χ2n) is 6.42. The van der Waals surface area contributed by atoms with Crippen molar-refractivity contribution in [3.8, 4) is 0 Å². The predicted octanol–water partition coefficient (Wildman–Crippen LogP) is 2.32. The lowest BCUT2D eigenvalue weighted by Crippen LogP contribution is -2.40. The lowest BCUT2D eigenvalue weighted by atomic mass is 10.1. The summed E-state index contributed by atoms with van der Waals surface area (Å²) in [6.07, 6.45) is 0.692. The molecule has 26 heavy (non-hydrogen) atoms. The molecule has 0 radical (unpaired) electrons. The Morgan fingerprint density at radius 2 is 1.85 bits per heavy atom. The van der Waals surface area contributed by atoms with Gasteiger partial charge >= 0.3 is 5.97 Å². The van der Waals surface area contributed by atoms with Gasteiger partial charge in [-0.05, 0) is 30.0 Å². The Balaban J connectivity index is 2.68. The fourth-order valence-corrected chi connectivity index (χ4v) is 2.18. The molecule has 0 saturated heterocycles. The van der Waals surface area contributed by atoms with E-state index >= 15 is 0 Å². The number of rotatable bonds is 10. The molecule has 0 saturated carbocycles. The van der Waals surface area contributed by atoms with Gasteiger partial charge in [-0.1, -0.05) is 19.9 Å². The van der Waals surface area contributed by atoms with E-state index in [4.69, 9.17) is 5.11 Å². The molecule has 2 amide bonds. The van der Waals surface area contributed by atoms with Crippen LogP contribution in [0.1, 0.15) is 38.7 Å². The van der Waals surface area contributed by atoms with Crippen LogP contribution in [0.3, 0.4) is 0 Å². The predicted molar refractivity (Wildman–Crippen MR) is 91.1 cm³/mol. The summed E-state index contributed by atoms with van der Waals surface area (Å²) in [5.74, 6) is -3.54. The van der Waals surface area contributed by atoms with Gasteiger partial charge in [-0.15, -0.1) is 0 Å². The molecule has 144 valence electrons. The maximum absolute atomic E-state index is 13.3. The molecule has 8 heteroatoms. The number of hydrogen-bond acceptors (Lipinski definition) is 3. The second kappa shape index (κ2) is 10.5. The van der Waals surface area contributed by atoms with E-state index < -0.39 is 23.5 Å². The highest BCUT2D eigenvalue weighted by Crippen LogP contribution is 2.12. The Bertz CT molecular complexity index is 650. The number of carbonyl (C=O) groups is 3. The third kappa shape index (κ3) is 8.04. The number of nitrogens with zero attached hydrogens (tertiary/aromatic N) is 1. The number of benzene rings is 1. The lowest BCUT2D eigenvalue weighted by molar-refractivity contribution is -0.139. The Labute approximate surface area is 151 Å². The van der Waals surface area contributed by atoms with Gasteiger partial charge < -0.3 is 15.3 Å². The number of amides is 2. The van der Waals surface area contributed by atoms with Crippen LogP contribution in [0.25, 0.3) is 0 Å². The zero-order valence-electron chi connectivity index (χ0n) is 14.9. The molecule has 1 rings (SSSR count). The normalized spacial score (nSPS) is 10.7. The molecular formula is C18H24F2N2O4. The highest BCUT2D eigenvalue weighted by molar-refractivity contribution is 5.85. The van der Waals surface area contributed by atoms with E-state index in [1.165, 1.54) is 11.0 Å². The summed E-state index contributed by atoms with van der Waals surface area (Å²) in [6, 6.07) is 3.22. The summed E-state index contributed by atoms with van der Waals surface area (Å²) in [5.41, 5.74) is 0.328. The minimum absolute atomic E-state index is 0.0782. The number of carbonyl (C=O) groups excluding carboxylic acids is 2. The molecule has 0 bridgehead atoms. The molecule has 0 aliphatic heterocycles. The van der Waals surface area contributed by atoms with Gasteiger partial charge in [-0.2, -0.15) is 0 Å². The van der Waals surface area contributed by atoms with Gasteiger partial charge in [-0.3, -0.25) is 14.4 Å². The van der Waals surface area contributed by atoms with E-state index in [0.717, 1.165) is 12.1 Å². The molecule has 0 aromatic heterocycles. The molecule has 0 spiro atoms. The number of carboxylic acid groups (broad SMARTS) is 1. The summed E-state index contributed by atoms with van der Waals surface area (Å²) in [5, 5.41) is 11.3. The molecule has 2 N–H and O–H groups in total. The SMILES string of the molecule is CC(C)CCC(=O)NCC(=O)N(CCC(=O)O)Cc1ccc(F)c(F)c1. The number of aliphatic carboxylic acids is 1. The van der Waals surface area contributed by atoms with Crippen LogP contribution >= 0.6 is 0 Å². The summed E-state index contributed by atoms with van der Waals surface area (Å²) in [7, 11) is 0. The summed E-state index contributed by atoms with van der Waals surface area (Å²) < 4.78 is 26.3. The van der Waals surface area contributed by atoms with Crippen molar-refractivity contribution < 1.29 is 28.3 Å². The standard InChI is InChI=1S/C18H24F2N2O4/c1-12(2)3-6-16(23)21-10-17(24)22(8-7-18(25)26)11-13-4-5-14(19)15(20)9-13/h4-5,9,12H,3,6-8,10-11H2,1-2H3,(H,21,23)(H,25,26). The van der Waals surface area contributed by atoms with Gasteiger partial charge in [0, 0.05) is 19.5 Å². The molecular weight excluding hydrogens is 346 g/mol. The summed E-state index contributed by atoms with van der Waals surface area (Å²) in [6.45, 7) is 3.50. The average molecular weight is 370 g/mol. The first kappa shape index (κ1) is 21.5. The zero-order chi connectivity index (χ0) is 19.7. The van der Waals surface area contributed by atoms with Crippen LogP contribution in [0.2, 0.25) is 0 Å². The van der Waals surface area contributed by atoms with Crippen molar-refractivity contribution in [3.05, 3.63) is 35.4 Å². The van der Waals surface area contributed by atoms with Crippen LogP contribution in [-0.4, -0.2) is 40.9 Å². The monoisotopic (exact) mass is 370 g/mol. The van der Waals surface area contributed by atoms with Crippen LogP contribution in [0.4, 0.5) is 8.78 Å². The molecule has 0 atom stereocenters. The Hall–Kier alpha value is -2.51. The van der Waals surface area contributed by atoms with Crippen LogP contribution in [-0.2, 0) is 20.9 Å². The number of hydrogen-bond donors (Lipinski definition) is 2. The molecule has 6 nitrogen and oxygen atoms in total. The Morgan fingerprint density at radius 3 is 2.42 bits per heavy atom. The van der Waals surface area contributed by atoms with E-state index in [0.29, 0.717) is 24.3 Å². The molecule has 1 aromatic carbocycles. The zero-order valence-corrected chi connectivity index (χ0v) is 14.9.